The molecule has 0 saturated heterocycles. The number of benzene rings is 3. The SMILES string of the molecule is CN(CC(=O)O)Cc1ccc(-c2noc(-c3ccc(Oc4ccccc4)cc3)n2)c(Cl)c1.Cl. The quantitative estimate of drug-likeness (QED) is 0.337. The molecule has 0 aliphatic heterocycles. The average Bonchev–Trinajstić information content (AvgIpc) is 3.24. The first-order valence-electron chi connectivity index (χ1n) is 9.84. The van der Waals surface area contributed by atoms with Crippen molar-refractivity contribution < 1.29 is 19.2 Å². The number of rotatable bonds is 8. The second-order valence-electron chi connectivity index (χ2n) is 7.24. The lowest BCUT2D eigenvalue weighted by Gasteiger charge is -2.14. The van der Waals surface area contributed by atoms with Crippen LogP contribution in [-0.4, -0.2) is 39.7 Å². The first kappa shape index (κ1) is 24.3. The van der Waals surface area contributed by atoms with Crippen LogP contribution in [0.1, 0.15) is 5.56 Å². The minimum atomic E-state index is -0.880. The Morgan fingerprint density at radius 3 is 2.42 bits per heavy atom. The fourth-order valence-corrected chi connectivity index (χ4v) is 3.46. The van der Waals surface area contributed by atoms with Gasteiger partial charge in [0.25, 0.3) is 5.89 Å². The summed E-state index contributed by atoms with van der Waals surface area (Å²) in [4.78, 5) is 17.0. The molecule has 1 heterocycles. The molecule has 0 bridgehead atoms. The fraction of sp³-hybridized carbons (Fsp3) is 0.125. The van der Waals surface area contributed by atoms with Gasteiger partial charge in [0.1, 0.15) is 11.5 Å². The Kier molecular flexibility index (Phi) is 8.06. The summed E-state index contributed by atoms with van der Waals surface area (Å²) >= 11 is 6.43. The third-order valence-electron chi connectivity index (χ3n) is 4.64. The molecular formula is C24H21Cl2N3O4. The molecule has 1 aromatic heterocycles. The maximum atomic E-state index is 10.8. The molecule has 0 amide bonds. The van der Waals surface area contributed by atoms with Crippen LogP contribution in [0.2, 0.25) is 5.02 Å². The maximum Gasteiger partial charge on any atom is 0.317 e. The van der Waals surface area contributed by atoms with E-state index in [4.69, 9.17) is 26.0 Å². The first-order chi connectivity index (χ1) is 15.5. The number of carboxylic acid groups (broad SMARTS) is 1. The lowest BCUT2D eigenvalue weighted by Crippen LogP contribution is -2.25. The van der Waals surface area contributed by atoms with Crippen molar-refractivity contribution >= 4 is 30.0 Å². The normalized spacial score (nSPS) is 10.6. The summed E-state index contributed by atoms with van der Waals surface area (Å²) in [6, 6.07) is 22.3. The van der Waals surface area contributed by atoms with Gasteiger partial charge in [-0.15, -0.1) is 12.4 Å². The predicted octanol–water partition coefficient (Wildman–Crippen LogP) is 5.79. The number of carboxylic acids is 1. The van der Waals surface area contributed by atoms with Crippen LogP contribution in [-0.2, 0) is 11.3 Å². The Labute approximate surface area is 202 Å². The molecule has 1 N–H and O–H groups in total. The third-order valence-corrected chi connectivity index (χ3v) is 4.95. The van der Waals surface area contributed by atoms with Gasteiger partial charge >= 0.3 is 5.97 Å². The van der Waals surface area contributed by atoms with Gasteiger partial charge in [0.15, 0.2) is 0 Å². The Morgan fingerprint density at radius 1 is 1.06 bits per heavy atom. The van der Waals surface area contributed by atoms with Crippen molar-refractivity contribution in [1.29, 1.82) is 0 Å². The van der Waals surface area contributed by atoms with Gasteiger partial charge in [0.05, 0.1) is 11.6 Å². The van der Waals surface area contributed by atoms with Crippen molar-refractivity contribution in [2.45, 2.75) is 6.54 Å². The molecule has 0 saturated carbocycles. The van der Waals surface area contributed by atoms with Crippen LogP contribution in [0.15, 0.2) is 77.3 Å². The van der Waals surface area contributed by atoms with E-state index in [2.05, 4.69) is 10.1 Å². The molecule has 0 atom stereocenters. The minimum absolute atomic E-state index is 0. The smallest absolute Gasteiger partial charge is 0.317 e. The molecule has 0 fully saturated rings. The number of halogens is 2. The number of nitrogens with zero attached hydrogens (tertiary/aromatic N) is 3. The van der Waals surface area contributed by atoms with Crippen molar-refractivity contribution in [2.24, 2.45) is 0 Å². The van der Waals surface area contributed by atoms with E-state index in [1.807, 2.05) is 60.7 Å². The maximum absolute atomic E-state index is 10.8. The van der Waals surface area contributed by atoms with Crippen molar-refractivity contribution in [3.05, 3.63) is 83.4 Å². The van der Waals surface area contributed by atoms with Gasteiger partial charge < -0.3 is 14.4 Å². The number of hydrogen-bond acceptors (Lipinski definition) is 6. The Bertz CT molecular complexity index is 1210. The zero-order chi connectivity index (χ0) is 22.5. The lowest BCUT2D eigenvalue weighted by atomic mass is 10.1. The largest absolute Gasteiger partial charge is 0.480 e. The van der Waals surface area contributed by atoms with Gasteiger partial charge in [0.2, 0.25) is 5.82 Å². The van der Waals surface area contributed by atoms with E-state index >= 15 is 0 Å². The number of carbonyl (C=O) groups is 1. The molecular weight excluding hydrogens is 465 g/mol. The Balaban J connectivity index is 0.00000306. The summed E-state index contributed by atoms with van der Waals surface area (Å²) in [7, 11) is 1.73. The molecule has 33 heavy (non-hydrogen) atoms. The standard InChI is InChI=1S/C24H20ClN3O4.ClH/c1-28(15-22(29)30)14-16-7-12-20(21(25)13-16)23-26-24(32-27-23)17-8-10-19(11-9-17)31-18-5-3-2-4-6-18;/h2-13H,14-15H2,1H3,(H,29,30);1H. The van der Waals surface area contributed by atoms with E-state index in [0.29, 0.717) is 34.6 Å². The topological polar surface area (TPSA) is 88.7 Å². The molecule has 7 nitrogen and oxygen atoms in total. The highest BCUT2D eigenvalue weighted by atomic mass is 35.5. The molecule has 0 spiro atoms. The molecule has 4 rings (SSSR count). The average molecular weight is 486 g/mol. The van der Waals surface area contributed by atoms with E-state index < -0.39 is 5.97 Å². The summed E-state index contributed by atoms with van der Waals surface area (Å²) in [5, 5.41) is 13.4. The molecule has 0 aliphatic rings. The van der Waals surface area contributed by atoms with Crippen LogP contribution in [0, 0.1) is 0 Å². The van der Waals surface area contributed by atoms with Gasteiger partial charge in [-0.1, -0.05) is 41.0 Å². The molecule has 0 aliphatic carbocycles. The highest BCUT2D eigenvalue weighted by molar-refractivity contribution is 6.33. The van der Waals surface area contributed by atoms with Crippen molar-refractivity contribution in [3.8, 4) is 34.3 Å². The number of para-hydroxylation sites is 1. The van der Waals surface area contributed by atoms with E-state index in [1.54, 1.807) is 24.1 Å². The second kappa shape index (κ2) is 11.0. The fourth-order valence-electron chi connectivity index (χ4n) is 3.18. The van der Waals surface area contributed by atoms with Crippen molar-refractivity contribution in [1.82, 2.24) is 15.0 Å². The predicted molar refractivity (Wildman–Crippen MR) is 128 cm³/mol. The molecule has 3 aromatic carbocycles. The molecule has 0 radical (unpaired) electrons. The summed E-state index contributed by atoms with van der Waals surface area (Å²) in [6.07, 6.45) is 0. The zero-order valence-electron chi connectivity index (χ0n) is 17.6. The van der Waals surface area contributed by atoms with Crippen LogP contribution in [0.4, 0.5) is 0 Å². The van der Waals surface area contributed by atoms with E-state index in [9.17, 15) is 4.79 Å². The summed E-state index contributed by atoms with van der Waals surface area (Å²) in [6.45, 7) is 0.407. The number of ether oxygens (including phenoxy) is 1. The summed E-state index contributed by atoms with van der Waals surface area (Å²) < 4.78 is 11.2. The number of hydrogen-bond donors (Lipinski definition) is 1. The Morgan fingerprint density at radius 2 is 1.76 bits per heavy atom. The van der Waals surface area contributed by atoms with E-state index in [1.165, 1.54) is 0 Å². The summed E-state index contributed by atoms with van der Waals surface area (Å²) in [5.74, 6) is 1.32. The number of likely N-dealkylation sites (N-methyl/N-ethyl adjacent to an activating group) is 1. The van der Waals surface area contributed by atoms with Gasteiger partial charge in [-0.3, -0.25) is 9.69 Å². The van der Waals surface area contributed by atoms with Crippen molar-refractivity contribution in [3.63, 3.8) is 0 Å². The molecule has 4 aromatic rings. The molecule has 9 heteroatoms. The number of aromatic nitrogens is 2. The van der Waals surface area contributed by atoms with Gasteiger partial charge in [0, 0.05) is 17.7 Å². The first-order valence-corrected chi connectivity index (χ1v) is 10.2. The van der Waals surface area contributed by atoms with Crippen LogP contribution in [0.25, 0.3) is 22.8 Å². The van der Waals surface area contributed by atoms with Crippen LogP contribution in [0.5, 0.6) is 11.5 Å². The van der Waals surface area contributed by atoms with E-state index in [0.717, 1.165) is 16.9 Å². The second-order valence-corrected chi connectivity index (χ2v) is 7.65. The van der Waals surface area contributed by atoms with Crippen LogP contribution < -0.4 is 4.74 Å². The molecule has 170 valence electrons. The minimum Gasteiger partial charge on any atom is -0.480 e. The van der Waals surface area contributed by atoms with Crippen molar-refractivity contribution in [2.75, 3.05) is 13.6 Å². The monoisotopic (exact) mass is 485 g/mol. The highest BCUT2D eigenvalue weighted by Gasteiger charge is 2.15. The van der Waals surface area contributed by atoms with Crippen LogP contribution >= 0.6 is 24.0 Å². The lowest BCUT2D eigenvalue weighted by molar-refractivity contribution is -0.138. The van der Waals surface area contributed by atoms with Gasteiger partial charge in [-0.2, -0.15) is 4.98 Å². The van der Waals surface area contributed by atoms with Gasteiger partial charge in [-0.25, -0.2) is 0 Å². The number of aliphatic carboxylic acids is 1. The van der Waals surface area contributed by atoms with E-state index in [-0.39, 0.29) is 19.0 Å². The highest BCUT2D eigenvalue weighted by Crippen LogP contribution is 2.30. The van der Waals surface area contributed by atoms with Crippen LogP contribution in [0.3, 0.4) is 0 Å². The third kappa shape index (κ3) is 6.32. The molecule has 0 unspecified atom stereocenters. The summed E-state index contributed by atoms with van der Waals surface area (Å²) in [5.41, 5.74) is 2.28. The Hall–Kier alpha value is -3.39. The van der Waals surface area contributed by atoms with Gasteiger partial charge in [-0.05, 0) is 61.1 Å². The zero-order valence-corrected chi connectivity index (χ0v) is 19.2.